The Morgan fingerprint density at radius 1 is 1.10 bits per heavy atom. The molecule has 7 heteroatoms. The van der Waals surface area contributed by atoms with Gasteiger partial charge in [0.2, 0.25) is 0 Å². The van der Waals surface area contributed by atoms with E-state index in [4.69, 9.17) is 23.7 Å². The maximum atomic E-state index is 11.4. The van der Waals surface area contributed by atoms with Crippen LogP contribution in [0.2, 0.25) is 0 Å². The predicted octanol–water partition coefficient (Wildman–Crippen LogP) is 6.09. The molecule has 0 aromatic heterocycles. The Morgan fingerprint density at radius 3 is 2.48 bits per heavy atom. The number of rotatable bonds is 14. The summed E-state index contributed by atoms with van der Waals surface area (Å²) in [5.41, 5.74) is -0.213. The molecule has 3 fully saturated rings. The average molecular weight is 561 g/mol. The highest BCUT2D eigenvalue weighted by atomic mass is 16.7. The second-order valence-corrected chi connectivity index (χ2v) is 12.0. The molecular weight excluding hydrogens is 508 g/mol. The highest BCUT2D eigenvalue weighted by Crippen LogP contribution is 2.40. The van der Waals surface area contributed by atoms with Crippen molar-refractivity contribution in [3.8, 4) is 11.8 Å². The number of hydrogen-bond acceptors (Lipinski definition) is 7. The van der Waals surface area contributed by atoms with Gasteiger partial charge in [0.15, 0.2) is 12.6 Å². The molecule has 2 saturated heterocycles. The van der Waals surface area contributed by atoms with Gasteiger partial charge in [0.25, 0.3) is 0 Å². The molecule has 7 nitrogen and oxygen atoms in total. The third-order valence-electron chi connectivity index (χ3n) is 8.35. The molecule has 2 unspecified atom stereocenters. The van der Waals surface area contributed by atoms with E-state index in [0.29, 0.717) is 19.3 Å². The zero-order chi connectivity index (χ0) is 28.8. The van der Waals surface area contributed by atoms with Crippen molar-refractivity contribution in [3.63, 3.8) is 0 Å². The van der Waals surface area contributed by atoms with Crippen molar-refractivity contribution in [1.82, 2.24) is 0 Å². The van der Waals surface area contributed by atoms with E-state index in [2.05, 4.69) is 50.0 Å². The minimum Gasteiger partial charge on any atom is -0.469 e. The van der Waals surface area contributed by atoms with E-state index < -0.39 is 6.10 Å². The highest BCUT2D eigenvalue weighted by molar-refractivity contribution is 5.69. The molecule has 1 saturated carbocycles. The highest BCUT2D eigenvalue weighted by Gasteiger charge is 2.43. The number of unbranched alkanes of at least 4 members (excludes halogenated alkanes) is 1. The molecular formula is C33H52O7. The predicted molar refractivity (Wildman–Crippen MR) is 155 cm³/mol. The van der Waals surface area contributed by atoms with Crippen LogP contribution in [-0.4, -0.2) is 62.3 Å². The first-order chi connectivity index (χ1) is 19.3. The molecule has 1 N–H and O–H groups in total. The summed E-state index contributed by atoms with van der Waals surface area (Å²) in [6.07, 6.45) is 17.6. The third-order valence-corrected chi connectivity index (χ3v) is 8.35. The number of aliphatic hydroxyl groups excluding tert-OH is 1. The number of esters is 1. The summed E-state index contributed by atoms with van der Waals surface area (Å²) < 4.78 is 29.6. The van der Waals surface area contributed by atoms with Crippen LogP contribution in [0.5, 0.6) is 0 Å². The molecule has 40 heavy (non-hydrogen) atoms. The fourth-order valence-corrected chi connectivity index (χ4v) is 5.80. The van der Waals surface area contributed by atoms with E-state index in [1.165, 1.54) is 7.11 Å². The molecule has 2 aliphatic heterocycles. The molecule has 226 valence electrons. The Bertz CT molecular complexity index is 858. The fraction of sp³-hybridized carbons (Fsp3) is 0.788. The Balaban J connectivity index is 1.75. The first-order valence-corrected chi connectivity index (χ1v) is 15.4. The topological polar surface area (TPSA) is 83.5 Å². The standard InChI is InChI=1S/C33H52O7/c1-5-6-21-33(2,3)29(40-32-18-12-14-23-38-32)20-19-26-25(15-9-7-8-10-16-30(35)36-4)27(34)24-28(26)39-31-17-11-13-22-37-31/h7,9,19-20,25-29,31-32,34H,8,10-18,21-24H2,1-4H3/b9-7-,20-19+/t25-,26-,27-,28-,29-,31?,32?/m1/s1. The van der Waals surface area contributed by atoms with Crippen molar-refractivity contribution in [3.05, 3.63) is 24.3 Å². The Hall–Kier alpha value is -1.69. The first-order valence-electron chi connectivity index (χ1n) is 15.4. The lowest BCUT2D eigenvalue weighted by atomic mass is 9.81. The second-order valence-electron chi connectivity index (χ2n) is 12.0. The van der Waals surface area contributed by atoms with Crippen molar-refractivity contribution in [1.29, 1.82) is 0 Å². The van der Waals surface area contributed by atoms with Gasteiger partial charge in [-0.3, -0.25) is 4.79 Å². The van der Waals surface area contributed by atoms with Crippen molar-refractivity contribution < 1.29 is 33.6 Å². The molecule has 0 spiro atoms. The van der Waals surface area contributed by atoms with Crippen LogP contribution in [0.25, 0.3) is 0 Å². The minimum atomic E-state index is -0.469. The number of allylic oxidation sites excluding steroid dienone is 2. The van der Waals surface area contributed by atoms with Gasteiger partial charge in [-0.2, -0.15) is 0 Å². The summed E-state index contributed by atoms with van der Waals surface area (Å²) in [6, 6.07) is 0. The fourth-order valence-electron chi connectivity index (χ4n) is 5.80. The van der Waals surface area contributed by atoms with Crippen molar-refractivity contribution >= 4 is 5.97 Å². The van der Waals surface area contributed by atoms with Crippen LogP contribution in [-0.2, 0) is 28.5 Å². The molecule has 3 aliphatic rings. The monoisotopic (exact) mass is 560 g/mol. The number of aliphatic hydroxyl groups is 1. The van der Waals surface area contributed by atoms with Gasteiger partial charge in [0, 0.05) is 43.8 Å². The van der Waals surface area contributed by atoms with Gasteiger partial charge in [-0.1, -0.05) is 38.2 Å². The van der Waals surface area contributed by atoms with E-state index in [0.717, 1.165) is 71.0 Å². The average Bonchev–Trinajstić information content (AvgIpc) is 3.25. The lowest BCUT2D eigenvalue weighted by Crippen LogP contribution is -2.36. The molecule has 0 aromatic carbocycles. The quantitative estimate of drug-likeness (QED) is 0.119. The van der Waals surface area contributed by atoms with Crippen LogP contribution in [0, 0.1) is 29.1 Å². The van der Waals surface area contributed by atoms with Crippen LogP contribution in [0.4, 0.5) is 0 Å². The summed E-state index contributed by atoms with van der Waals surface area (Å²) in [5.74, 6) is 6.13. The van der Waals surface area contributed by atoms with E-state index in [9.17, 15) is 9.90 Å². The second kappa shape index (κ2) is 17.3. The van der Waals surface area contributed by atoms with Gasteiger partial charge < -0.3 is 28.8 Å². The van der Waals surface area contributed by atoms with Gasteiger partial charge in [-0.05, 0) is 70.6 Å². The van der Waals surface area contributed by atoms with Gasteiger partial charge in [-0.25, -0.2) is 0 Å². The first kappa shape index (κ1) is 32.8. The molecule has 7 atom stereocenters. The Kier molecular flexibility index (Phi) is 14.2. The van der Waals surface area contributed by atoms with Crippen molar-refractivity contribution in [2.24, 2.45) is 17.3 Å². The van der Waals surface area contributed by atoms with Crippen LogP contribution < -0.4 is 0 Å². The van der Waals surface area contributed by atoms with E-state index in [1.54, 1.807) is 0 Å². The van der Waals surface area contributed by atoms with Crippen LogP contribution in [0.15, 0.2) is 24.3 Å². The van der Waals surface area contributed by atoms with Crippen LogP contribution in [0.1, 0.15) is 97.8 Å². The summed E-state index contributed by atoms with van der Waals surface area (Å²) in [5, 5.41) is 11.1. The summed E-state index contributed by atoms with van der Waals surface area (Å²) in [4.78, 5) is 11.4. The van der Waals surface area contributed by atoms with Crippen LogP contribution >= 0.6 is 0 Å². The number of methoxy groups -OCH3 is 1. The molecule has 2 heterocycles. The third kappa shape index (κ3) is 10.6. The number of carbonyl (C=O) groups excluding carboxylic acids is 1. The Morgan fingerprint density at radius 2 is 1.82 bits per heavy atom. The van der Waals surface area contributed by atoms with Crippen molar-refractivity contribution in [2.75, 3.05) is 20.3 Å². The van der Waals surface area contributed by atoms with E-state index in [1.807, 2.05) is 6.92 Å². The summed E-state index contributed by atoms with van der Waals surface area (Å²) in [6.45, 7) is 7.71. The maximum Gasteiger partial charge on any atom is 0.305 e. The number of ether oxygens (including phenoxy) is 5. The van der Waals surface area contributed by atoms with Gasteiger partial charge in [-0.15, -0.1) is 11.8 Å². The summed E-state index contributed by atoms with van der Waals surface area (Å²) in [7, 11) is 1.42. The largest absolute Gasteiger partial charge is 0.469 e. The Labute approximate surface area is 242 Å². The normalized spacial score (nSPS) is 30.3. The van der Waals surface area contributed by atoms with Crippen molar-refractivity contribution in [2.45, 2.75) is 129 Å². The van der Waals surface area contributed by atoms with E-state index in [-0.39, 0.29) is 48.0 Å². The van der Waals surface area contributed by atoms with E-state index >= 15 is 0 Å². The molecule has 0 aromatic rings. The molecule has 1 aliphatic carbocycles. The zero-order valence-electron chi connectivity index (χ0n) is 25.1. The SMILES string of the molecule is CC#CCC(C)(C)[C@@H](/C=C/[C@@H]1[C@@H](C/C=C\CCCC(=O)OC)[C@H](O)C[C@H]1OC1CCCCO1)OC1CCCCO1. The lowest BCUT2D eigenvalue weighted by molar-refractivity contribution is -0.197. The van der Waals surface area contributed by atoms with Gasteiger partial charge in [0.1, 0.15) is 0 Å². The minimum absolute atomic E-state index is 0.0201. The van der Waals surface area contributed by atoms with Gasteiger partial charge >= 0.3 is 5.97 Å². The lowest BCUT2D eigenvalue weighted by Gasteiger charge is -2.35. The number of carbonyl (C=O) groups is 1. The molecule has 3 rings (SSSR count). The smallest absolute Gasteiger partial charge is 0.305 e. The van der Waals surface area contributed by atoms with Gasteiger partial charge in [0.05, 0.1) is 25.4 Å². The molecule has 0 amide bonds. The zero-order valence-corrected chi connectivity index (χ0v) is 25.1. The molecule has 0 radical (unpaired) electrons. The molecule has 0 bridgehead atoms. The number of hydrogen-bond donors (Lipinski definition) is 1. The maximum absolute atomic E-state index is 11.4. The van der Waals surface area contributed by atoms with Crippen LogP contribution in [0.3, 0.4) is 0 Å². The summed E-state index contributed by atoms with van der Waals surface area (Å²) >= 11 is 0.